The SMILES string of the molecule is CCC1C(=O)Nc2nccnc21. The fourth-order valence-corrected chi connectivity index (χ4v) is 1.41. The first-order valence-corrected chi connectivity index (χ1v) is 3.94. The highest BCUT2D eigenvalue weighted by atomic mass is 16.2. The van der Waals surface area contributed by atoms with Gasteiger partial charge in [-0.15, -0.1) is 0 Å². The number of anilines is 1. The number of nitrogens with zero attached hydrogens (tertiary/aromatic N) is 2. The van der Waals surface area contributed by atoms with Crippen LogP contribution in [0.15, 0.2) is 12.4 Å². The van der Waals surface area contributed by atoms with Crippen LogP contribution in [0.3, 0.4) is 0 Å². The van der Waals surface area contributed by atoms with Crippen molar-refractivity contribution in [3.63, 3.8) is 0 Å². The highest BCUT2D eigenvalue weighted by molar-refractivity contribution is 6.00. The summed E-state index contributed by atoms with van der Waals surface area (Å²) in [4.78, 5) is 19.4. The maximum absolute atomic E-state index is 11.3. The van der Waals surface area contributed by atoms with Crippen molar-refractivity contribution in [2.24, 2.45) is 0 Å². The fourth-order valence-electron chi connectivity index (χ4n) is 1.41. The molecule has 1 aliphatic rings. The molecule has 0 radical (unpaired) electrons. The average molecular weight is 163 g/mol. The minimum absolute atomic E-state index is 0.0127. The van der Waals surface area contributed by atoms with Crippen LogP contribution in [-0.4, -0.2) is 15.9 Å². The van der Waals surface area contributed by atoms with Gasteiger partial charge >= 0.3 is 0 Å². The van der Waals surface area contributed by atoms with E-state index in [1.165, 1.54) is 0 Å². The Morgan fingerprint density at radius 1 is 1.50 bits per heavy atom. The highest BCUT2D eigenvalue weighted by Gasteiger charge is 2.30. The number of hydrogen-bond donors (Lipinski definition) is 1. The van der Waals surface area contributed by atoms with E-state index in [1.807, 2.05) is 6.92 Å². The minimum atomic E-state index is -0.103. The van der Waals surface area contributed by atoms with Crippen molar-refractivity contribution < 1.29 is 4.79 Å². The van der Waals surface area contributed by atoms with Gasteiger partial charge in [0.1, 0.15) is 0 Å². The van der Waals surface area contributed by atoms with Crippen LogP contribution in [0.25, 0.3) is 0 Å². The zero-order valence-electron chi connectivity index (χ0n) is 6.74. The van der Waals surface area contributed by atoms with E-state index in [1.54, 1.807) is 12.4 Å². The Kier molecular flexibility index (Phi) is 1.53. The predicted octanol–water partition coefficient (Wildman–Crippen LogP) is 0.922. The monoisotopic (exact) mass is 163 g/mol. The molecular formula is C8H9N3O. The third kappa shape index (κ3) is 0.879. The summed E-state index contributed by atoms with van der Waals surface area (Å²) in [6.45, 7) is 1.97. The van der Waals surface area contributed by atoms with E-state index < -0.39 is 0 Å². The zero-order valence-corrected chi connectivity index (χ0v) is 6.74. The van der Waals surface area contributed by atoms with Crippen LogP contribution in [0.2, 0.25) is 0 Å². The van der Waals surface area contributed by atoms with Crippen molar-refractivity contribution in [1.29, 1.82) is 0 Å². The maximum Gasteiger partial charge on any atom is 0.234 e. The van der Waals surface area contributed by atoms with Gasteiger partial charge in [-0.1, -0.05) is 6.92 Å². The molecule has 62 valence electrons. The van der Waals surface area contributed by atoms with E-state index in [9.17, 15) is 4.79 Å². The van der Waals surface area contributed by atoms with Crippen LogP contribution in [0, 0.1) is 0 Å². The Balaban J connectivity index is 2.47. The normalized spacial score (nSPS) is 20.4. The van der Waals surface area contributed by atoms with Crippen molar-refractivity contribution in [1.82, 2.24) is 9.97 Å². The third-order valence-electron chi connectivity index (χ3n) is 2.02. The summed E-state index contributed by atoms with van der Waals surface area (Å²) in [5.41, 5.74) is 0.782. The van der Waals surface area contributed by atoms with Gasteiger partial charge in [-0.2, -0.15) is 0 Å². The molecule has 0 spiro atoms. The second-order valence-corrected chi connectivity index (χ2v) is 2.74. The third-order valence-corrected chi connectivity index (χ3v) is 2.02. The molecule has 0 saturated heterocycles. The number of amides is 1. The topological polar surface area (TPSA) is 54.9 Å². The van der Waals surface area contributed by atoms with E-state index in [0.717, 1.165) is 12.1 Å². The lowest BCUT2D eigenvalue weighted by molar-refractivity contribution is -0.117. The molecule has 2 rings (SSSR count). The summed E-state index contributed by atoms with van der Waals surface area (Å²) < 4.78 is 0. The molecule has 0 aromatic carbocycles. The number of aromatic nitrogens is 2. The van der Waals surface area contributed by atoms with Gasteiger partial charge in [-0.25, -0.2) is 4.98 Å². The molecule has 0 fully saturated rings. The molecule has 1 atom stereocenters. The number of rotatable bonds is 1. The van der Waals surface area contributed by atoms with Gasteiger partial charge in [0.2, 0.25) is 5.91 Å². The Hall–Kier alpha value is -1.45. The molecule has 4 nitrogen and oxygen atoms in total. The van der Waals surface area contributed by atoms with E-state index >= 15 is 0 Å². The molecule has 0 bridgehead atoms. The summed E-state index contributed by atoms with van der Waals surface area (Å²) >= 11 is 0. The molecular weight excluding hydrogens is 154 g/mol. The maximum atomic E-state index is 11.3. The number of carbonyl (C=O) groups is 1. The van der Waals surface area contributed by atoms with E-state index in [4.69, 9.17) is 0 Å². The van der Waals surface area contributed by atoms with Crippen molar-refractivity contribution >= 4 is 11.7 Å². The van der Waals surface area contributed by atoms with Crippen LogP contribution in [-0.2, 0) is 4.79 Å². The first-order chi connectivity index (χ1) is 5.83. The van der Waals surface area contributed by atoms with Crippen LogP contribution < -0.4 is 5.32 Å². The van der Waals surface area contributed by atoms with Gasteiger partial charge in [-0.3, -0.25) is 9.78 Å². The lowest BCUT2D eigenvalue weighted by atomic mass is 10.1. The first-order valence-electron chi connectivity index (χ1n) is 3.94. The van der Waals surface area contributed by atoms with Gasteiger partial charge in [0, 0.05) is 12.4 Å². The lowest BCUT2D eigenvalue weighted by Crippen LogP contribution is -2.11. The quantitative estimate of drug-likeness (QED) is 0.669. The molecule has 12 heavy (non-hydrogen) atoms. The van der Waals surface area contributed by atoms with Crippen LogP contribution in [0.1, 0.15) is 25.0 Å². The molecule has 1 aliphatic heterocycles. The summed E-state index contributed by atoms with van der Waals surface area (Å²) in [6, 6.07) is 0. The van der Waals surface area contributed by atoms with Gasteiger partial charge in [0.25, 0.3) is 0 Å². The van der Waals surface area contributed by atoms with Crippen LogP contribution in [0.4, 0.5) is 5.82 Å². The second-order valence-electron chi connectivity index (χ2n) is 2.74. The Labute approximate surface area is 70.0 Å². The molecule has 1 aromatic heterocycles. The summed E-state index contributed by atoms with van der Waals surface area (Å²) in [7, 11) is 0. The molecule has 1 N–H and O–H groups in total. The Morgan fingerprint density at radius 3 is 3.00 bits per heavy atom. The molecule has 1 amide bonds. The molecule has 4 heteroatoms. The molecule has 0 aliphatic carbocycles. The lowest BCUT2D eigenvalue weighted by Gasteiger charge is -2.00. The van der Waals surface area contributed by atoms with Gasteiger partial charge in [0.15, 0.2) is 5.82 Å². The van der Waals surface area contributed by atoms with Crippen molar-refractivity contribution in [2.45, 2.75) is 19.3 Å². The number of hydrogen-bond acceptors (Lipinski definition) is 3. The largest absolute Gasteiger partial charge is 0.309 e. The zero-order chi connectivity index (χ0) is 8.55. The number of fused-ring (bicyclic) bond motifs is 1. The first kappa shape index (κ1) is 7.21. The van der Waals surface area contributed by atoms with E-state index in [2.05, 4.69) is 15.3 Å². The van der Waals surface area contributed by atoms with Gasteiger partial charge in [0.05, 0.1) is 11.6 Å². The fraction of sp³-hybridized carbons (Fsp3) is 0.375. The smallest absolute Gasteiger partial charge is 0.234 e. The van der Waals surface area contributed by atoms with Crippen LogP contribution >= 0.6 is 0 Å². The Bertz CT molecular complexity index is 324. The number of nitrogens with one attached hydrogen (secondary N) is 1. The minimum Gasteiger partial charge on any atom is -0.309 e. The molecule has 2 heterocycles. The van der Waals surface area contributed by atoms with Gasteiger partial charge < -0.3 is 5.32 Å². The van der Waals surface area contributed by atoms with E-state index in [-0.39, 0.29) is 11.8 Å². The van der Waals surface area contributed by atoms with Crippen molar-refractivity contribution in [3.8, 4) is 0 Å². The highest BCUT2D eigenvalue weighted by Crippen LogP contribution is 2.29. The van der Waals surface area contributed by atoms with Gasteiger partial charge in [-0.05, 0) is 6.42 Å². The number of carbonyl (C=O) groups excluding carboxylic acids is 1. The van der Waals surface area contributed by atoms with Crippen molar-refractivity contribution in [2.75, 3.05) is 5.32 Å². The second kappa shape index (κ2) is 2.55. The van der Waals surface area contributed by atoms with Crippen LogP contribution in [0.5, 0.6) is 0 Å². The Morgan fingerprint density at radius 2 is 2.25 bits per heavy atom. The molecule has 0 saturated carbocycles. The standard InChI is InChI=1S/C8H9N3O/c1-2-5-6-7(11-8(5)12)10-4-3-9-6/h3-5H,2H2,1H3,(H,10,11,12). The summed E-state index contributed by atoms with van der Waals surface area (Å²) in [6.07, 6.45) is 3.97. The summed E-state index contributed by atoms with van der Waals surface area (Å²) in [5.74, 6) is 0.529. The van der Waals surface area contributed by atoms with E-state index in [0.29, 0.717) is 5.82 Å². The van der Waals surface area contributed by atoms with Crippen molar-refractivity contribution in [3.05, 3.63) is 18.1 Å². The average Bonchev–Trinajstić information content (AvgIpc) is 2.40. The summed E-state index contributed by atoms with van der Waals surface area (Å²) in [5, 5.41) is 2.69. The molecule has 1 aromatic rings. The predicted molar refractivity (Wildman–Crippen MR) is 43.7 cm³/mol. The molecule has 1 unspecified atom stereocenters.